The zero-order valence-corrected chi connectivity index (χ0v) is 18.9. The summed E-state index contributed by atoms with van der Waals surface area (Å²) in [5.74, 6) is -0.543. The van der Waals surface area contributed by atoms with E-state index in [1.807, 2.05) is 18.2 Å². The van der Waals surface area contributed by atoms with Crippen molar-refractivity contribution in [2.75, 3.05) is 18.0 Å². The van der Waals surface area contributed by atoms with Crippen LogP contribution in [0, 0.1) is 0 Å². The molecule has 0 aliphatic carbocycles. The fourth-order valence-corrected chi connectivity index (χ4v) is 5.79. The Hall–Kier alpha value is -3.03. The minimum Gasteiger partial charge on any atom is -0.497 e. The van der Waals surface area contributed by atoms with Crippen LogP contribution in [0.25, 0.3) is 11.1 Å². The second kappa shape index (κ2) is 8.84. The first-order valence-electron chi connectivity index (χ1n) is 10.1. The average molecular weight is 472 g/mol. The number of ether oxygens (including phenoxy) is 1. The molecule has 166 valence electrons. The van der Waals surface area contributed by atoms with E-state index < -0.39 is 16.0 Å². The van der Waals surface area contributed by atoms with Crippen molar-refractivity contribution in [2.45, 2.75) is 23.7 Å². The molecule has 0 fully saturated rings. The number of methoxy groups -OCH3 is 1. The summed E-state index contributed by atoms with van der Waals surface area (Å²) in [5, 5.41) is 9.69. The largest absolute Gasteiger partial charge is 0.497 e. The topological polar surface area (TPSA) is 83.9 Å². The standard InChI is InChI=1S/C24H22ClNO5S/c1-31-20-9-10-23-22(14-20)18(8-11-24(27)28)15-26(23)32(29,30)21-7-3-5-17(13-21)16-4-2-6-19(25)12-16/h2-7,9-10,12-14,18H,8,11,15H2,1H3,(H,27,28). The number of hydrogen-bond donors (Lipinski definition) is 1. The summed E-state index contributed by atoms with van der Waals surface area (Å²) in [6.07, 6.45) is 0.295. The van der Waals surface area contributed by atoms with Gasteiger partial charge in [-0.25, -0.2) is 8.42 Å². The van der Waals surface area contributed by atoms with Crippen LogP contribution in [0.3, 0.4) is 0 Å². The Kier molecular flexibility index (Phi) is 6.13. The molecule has 0 amide bonds. The molecule has 0 saturated heterocycles. The summed E-state index contributed by atoms with van der Waals surface area (Å²) in [6, 6.07) is 19.2. The van der Waals surface area contributed by atoms with Gasteiger partial charge < -0.3 is 9.84 Å². The lowest BCUT2D eigenvalue weighted by Gasteiger charge is -2.20. The van der Waals surface area contributed by atoms with Crippen LogP contribution in [0.4, 0.5) is 5.69 Å². The number of rotatable bonds is 7. The van der Waals surface area contributed by atoms with Crippen molar-refractivity contribution in [3.05, 3.63) is 77.3 Å². The van der Waals surface area contributed by atoms with E-state index in [9.17, 15) is 13.2 Å². The molecular weight excluding hydrogens is 450 g/mol. The summed E-state index contributed by atoms with van der Waals surface area (Å²) in [7, 11) is -2.33. The number of nitrogens with zero attached hydrogens (tertiary/aromatic N) is 1. The van der Waals surface area contributed by atoms with Gasteiger partial charge >= 0.3 is 5.97 Å². The van der Waals surface area contributed by atoms with Crippen LogP contribution in [-0.4, -0.2) is 33.1 Å². The Bertz CT molecular complexity index is 1270. The van der Waals surface area contributed by atoms with Gasteiger partial charge in [-0.3, -0.25) is 9.10 Å². The summed E-state index contributed by atoms with van der Waals surface area (Å²) in [5.41, 5.74) is 2.89. The van der Waals surface area contributed by atoms with Gasteiger partial charge in [0.25, 0.3) is 10.0 Å². The molecule has 1 N–H and O–H groups in total. The second-order valence-corrected chi connectivity index (χ2v) is 9.93. The average Bonchev–Trinajstić information content (AvgIpc) is 3.16. The fourth-order valence-electron chi connectivity index (χ4n) is 4.01. The maximum absolute atomic E-state index is 13.6. The van der Waals surface area contributed by atoms with E-state index in [4.69, 9.17) is 21.4 Å². The monoisotopic (exact) mass is 471 g/mol. The predicted octanol–water partition coefficient (Wildman–Crippen LogP) is 5.17. The predicted molar refractivity (Wildman–Crippen MR) is 124 cm³/mol. The third-order valence-corrected chi connectivity index (χ3v) is 7.63. The number of fused-ring (bicyclic) bond motifs is 1. The first-order chi connectivity index (χ1) is 15.3. The molecule has 0 radical (unpaired) electrons. The van der Waals surface area contributed by atoms with Crippen LogP contribution < -0.4 is 9.04 Å². The van der Waals surface area contributed by atoms with Crippen molar-refractivity contribution in [2.24, 2.45) is 0 Å². The molecule has 1 heterocycles. The fraction of sp³-hybridized carbons (Fsp3) is 0.208. The Balaban J connectivity index is 1.73. The van der Waals surface area contributed by atoms with Gasteiger partial charge in [0.1, 0.15) is 5.75 Å². The Labute approximate surface area is 192 Å². The lowest BCUT2D eigenvalue weighted by molar-refractivity contribution is -0.137. The lowest BCUT2D eigenvalue weighted by atomic mass is 9.96. The third kappa shape index (κ3) is 4.31. The van der Waals surface area contributed by atoms with Crippen molar-refractivity contribution in [3.63, 3.8) is 0 Å². The van der Waals surface area contributed by atoms with Crippen LogP contribution in [0.15, 0.2) is 71.6 Å². The van der Waals surface area contributed by atoms with Crippen molar-refractivity contribution in [3.8, 4) is 16.9 Å². The number of aliphatic carboxylic acids is 1. The Morgan fingerprint density at radius 2 is 1.81 bits per heavy atom. The molecule has 1 aliphatic heterocycles. The van der Waals surface area contributed by atoms with Crippen LogP contribution in [0.5, 0.6) is 5.75 Å². The number of benzene rings is 3. The Morgan fingerprint density at radius 3 is 2.50 bits per heavy atom. The maximum Gasteiger partial charge on any atom is 0.303 e. The molecule has 3 aromatic carbocycles. The number of anilines is 1. The molecule has 0 aromatic heterocycles. The van der Waals surface area contributed by atoms with Crippen molar-refractivity contribution in [1.82, 2.24) is 0 Å². The molecule has 1 atom stereocenters. The molecule has 0 spiro atoms. The minimum atomic E-state index is -3.87. The molecule has 8 heteroatoms. The summed E-state index contributed by atoms with van der Waals surface area (Å²) in [4.78, 5) is 11.3. The van der Waals surface area contributed by atoms with Gasteiger partial charge in [-0.15, -0.1) is 0 Å². The number of carbonyl (C=O) groups is 1. The first-order valence-corrected chi connectivity index (χ1v) is 11.9. The summed E-state index contributed by atoms with van der Waals surface area (Å²) in [6.45, 7) is 0.180. The quantitative estimate of drug-likeness (QED) is 0.513. The van der Waals surface area contributed by atoms with E-state index in [-0.39, 0.29) is 23.8 Å². The maximum atomic E-state index is 13.6. The van der Waals surface area contributed by atoms with E-state index >= 15 is 0 Å². The van der Waals surface area contributed by atoms with E-state index in [0.717, 1.165) is 16.7 Å². The van der Waals surface area contributed by atoms with Gasteiger partial charge in [0.2, 0.25) is 0 Å². The molecule has 3 aromatic rings. The number of carboxylic acids is 1. The van der Waals surface area contributed by atoms with Crippen molar-refractivity contribution in [1.29, 1.82) is 0 Å². The number of hydrogen-bond acceptors (Lipinski definition) is 4. The van der Waals surface area contributed by atoms with Gasteiger partial charge in [-0.05, 0) is 65.6 Å². The highest BCUT2D eigenvalue weighted by atomic mass is 35.5. The van der Waals surface area contributed by atoms with Crippen LogP contribution in [-0.2, 0) is 14.8 Å². The molecule has 1 aliphatic rings. The van der Waals surface area contributed by atoms with E-state index in [0.29, 0.717) is 22.9 Å². The Morgan fingerprint density at radius 1 is 1.09 bits per heavy atom. The molecule has 6 nitrogen and oxygen atoms in total. The van der Waals surface area contributed by atoms with Gasteiger partial charge in [-0.1, -0.05) is 35.9 Å². The zero-order chi connectivity index (χ0) is 22.9. The van der Waals surface area contributed by atoms with E-state index in [1.165, 1.54) is 4.31 Å². The smallest absolute Gasteiger partial charge is 0.303 e. The van der Waals surface area contributed by atoms with Gasteiger partial charge in [0.05, 0.1) is 17.7 Å². The number of halogens is 1. The lowest BCUT2D eigenvalue weighted by Crippen LogP contribution is -2.30. The molecule has 0 bridgehead atoms. The normalized spacial score (nSPS) is 15.4. The van der Waals surface area contributed by atoms with E-state index in [2.05, 4.69) is 0 Å². The highest BCUT2D eigenvalue weighted by Gasteiger charge is 2.37. The molecule has 0 saturated carbocycles. The summed E-state index contributed by atoms with van der Waals surface area (Å²) < 4.78 is 33.9. The molecule has 32 heavy (non-hydrogen) atoms. The minimum absolute atomic E-state index is 0.0422. The zero-order valence-electron chi connectivity index (χ0n) is 17.4. The highest BCUT2D eigenvalue weighted by Crippen LogP contribution is 2.43. The number of sulfonamides is 1. The highest BCUT2D eigenvalue weighted by molar-refractivity contribution is 7.92. The molecular formula is C24H22ClNO5S. The summed E-state index contributed by atoms with van der Waals surface area (Å²) >= 11 is 6.10. The first kappa shape index (κ1) is 22.2. The van der Waals surface area contributed by atoms with Crippen molar-refractivity contribution < 1.29 is 23.1 Å². The SMILES string of the molecule is COc1ccc2c(c1)C(CCC(=O)O)CN2S(=O)(=O)c1cccc(-c2cccc(Cl)c2)c1. The molecule has 4 rings (SSSR count). The van der Waals surface area contributed by atoms with Gasteiger partial charge in [-0.2, -0.15) is 0 Å². The van der Waals surface area contributed by atoms with Crippen LogP contribution >= 0.6 is 11.6 Å². The second-order valence-electron chi connectivity index (χ2n) is 7.63. The third-order valence-electron chi connectivity index (χ3n) is 5.62. The van der Waals surface area contributed by atoms with Crippen LogP contribution in [0.1, 0.15) is 24.3 Å². The number of carboxylic acid groups (broad SMARTS) is 1. The van der Waals surface area contributed by atoms with Crippen molar-refractivity contribution >= 4 is 33.3 Å². The van der Waals surface area contributed by atoms with E-state index in [1.54, 1.807) is 55.6 Å². The molecule has 1 unspecified atom stereocenters. The van der Waals surface area contributed by atoms with Gasteiger partial charge in [0, 0.05) is 23.9 Å². The van der Waals surface area contributed by atoms with Crippen LogP contribution in [0.2, 0.25) is 5.02 Å². The van der Waals surface area contributed by atoms with Gasteiger partial charge in [0.15, 0.2) is 0 Å².